The Kier molecular flexibility index (Phi) is 5.08. The summed E-state index contributed by atoms with van der Waals surface area (Å²) < 4.78 is 11.5. The van der Waals surface area contributed by atoms with Crippen molar-refractivity contribution in [2.75, 3.05) is 14.2 Å². The van der Waals surface area contributed by atoms with Crippen molar-refractivity contribution in [3.63, 3.8) is 0 Å². The first-order chi connectivity index (χ1) is 9.22. The lowest BCUT2D eigenvalue weighted by Crippen LogP contribution is -2.24. The fraction of sp³-hybridized carbons (Fsp3) is 0.625. The number of rotatable bonds is 5. The number of methoxy groups -OCH3 is 1. The first-order valence-electron chi connectivity index (χ1n) is 7.21. The van der Waals surface area contributed by atoms with Gasteiger partial charge in [-0.2, -0.15) is 0 Å². The number of hydrogen-bond donors (Lipinski definition) is 1. The largest absolute Gasteiger partial charge is 0.497 e. The van der Waals surface area contributed by atoms with Gasteiger partial charge in [-0.1, -0.05) is 13.3 Å². The maximum atomic E-state index is 6.21. The number of hydrogen-bond acceptors (Lipinski definition) is 3. The molecule has 2 unspecified atom stereocenters. The van der Waals surface area contributed by atoms with Crippen LogP contribution in [0.3, 0.4) is 0 Å². The third kappa shape index (κ3) is 3.87. The lowest BCUT2D eigenvalue weighted by Gasteiger charge is -2.28. The molecule has 1 aliphatic rings. The quantitative estimate of drug-likeness (QED) is 0.883. The van der Waals surface area contributed by atoms with Crippen LogP contribution in [0, 0.1) is 5.92 Å². The Labute approximate surface area is 116 Å². The summed E-state index contributed by atoms with van der Waals surface area (Å²) in [6, 6.07) is 6.06. The topological polar surface area (TPSA) is 30.5 Å². The van der Waals surface area contributed by atoms with E-state index in [1.54, 1.807) is 7.11 Å². The third-order valence-electron chi connectivity index (χ3n) is 3.82. The van der Waals surface area contributed by atoms with Gasteiger partial charge in [0.05, 0.1) is 13.2 Å². The lowest BCUT2D eigenvalue weighted by atomic mass is 9.88. The van der Waals surface area contributed by atoms with Gasteiger partial charge in [0.1, 0.15) is 11.5 Å². The first-order valence-corrected chi connectivity index (χ1v) is 7.21. The van der Waals surface area contributed by atoms with Crippen molar-refractivity contribution < 1.29 is 9.47 Å². The molecule has 0 radical (unpaired) electrons. The van der Waals surface area contributed by atoms with Crippen molar-refractivity contribution in [3.05, 3.63) is 23.8 Å². The highest BCUT2D eigenvalue weighted by molar-refractivity contribution is 5.40. The SMILES string of the molecule is CNCc1cc(OC)ccc1OC1CCCC(C)C1. The molecule has 0 spiro atoms. The summed E-state index contributed by atoms with van der Waals surface area (Å²) in [5.74, 6) is 2.66. The third-order valence-corrected chi connectivity index (χ3v) is 3.82. The van der Waals surface area contributed by atoms with Crippen LogP contribution in [0.15, 0.2) is 18.2 Å². The summed E-state index contributed by atoms with van der Waals surface area (Å²) >= 11 is 0. The molecule has 106 valence electrons. The van der Waals surface area contributed by atoms with Crippen LogP contribution in [-0.4, -0.2) is 20.3 Å². The Morgan fingerprint density at radius 3 is 2.84 bits per heavy atom. The molecule has 1 aliphatic carbocycles. The van der Waals surface area contributed by atoms with E-state index < -0.39 is 0 Å². The van der Waals surface area contributed by atoms with Crippen molar-refractivity contribution in [2.45, 2.75) is 45.3 Å². The van der Waals surface area contributed by atoms with Crippen molar-refractivity contribution in [1.82, 2.24) is 5.32 Å². The number of nitrogens with one attached hydrogen (secondary N) is 1. The van der Waals surface area contributed by atoms with Gasteiger partial charge in [0, 0.05) is 12.1 Å². The predicted molar refractivity (Wildman–Crippen MR) is 77.8 cm³/mol. The van der Waals surface area contributed by atoms with Gasteiger partial charge in [-0.25, -0.2) is 0 Å². The second-order valence-electron chi connectivity index (χ2n) is 5.52. The fourth-order valence-electron chi connectivity index (χ4n) is 2.79. The minimum Gasteiger partial charge on any atom is -0.497 e. The summed E-state index contributed by atoms with van der Waals surface area (Å²) in [5.41, 5.74) is 1.17. The molecule has 19 heavy (non-hydrogen) atoms. The molecule has 0 amide bonds. The molecule has 2 atom stereocenters. The molecule has 3 nitrogen and oxygen atoms in total. The van der Waals surface area contributed by atoms with Gasteiger partial charge in [-0.15, -0.1) is 0 Å². The van der Waals surface area contributed by atoms with E-state index in [0.29, 0.717) is 6.10 Å². The van der Waals surface area contributed by atoms with Crippen LogP contribution < -0.4 is 14.8 Å². The van der Waals surface area contributed by atoms with E-state index >= 15 is 0 Å². The molecule has 1 N–H and O–H groups in total. The minimum atomic E-state index is 0.368. The summed E-state index contributed by atoms with van der Waals surface area (Å²) in [4.78, 5) is 0. The summed E-state index contributed by atoms with van der Waals surface area (Å²) in [6.07, 6.45) is 5.34. The zero-order valence-electron chi connectivity index (χ0n) is 12.2. The van der Waals surface area contributed by atoms with E-state index in [-0.39, 0.29) is 0 Å². The van der Waals surface area contributed by atoms with E-state index in [1.165, 1.54) is 31.2 Å². The molecule has 2 rings (SSSR count). The molecule has 3 heteroatoms. The monoisotopic (exact) mass is 263 g/mol. The van der Waals surface area contributed by atoms with Gasteiger partial charge in [0.25, 0.3) is 0 Å². The second-order valence-corrected chi connectivity index (χ2v) is 5.52. The van der Waals surface area contributed by atoms with Gasteiger partial charge in [0.2, 0.25) is 0 Å². The normalized spacial score (nSPS) is 23.1. The van der Waals surface area contributed by atoms with Gasteiger partial charge >= 0.3 is 0 Å². The maximum Gasteiger partial charge on any atom is 0.124 e. The van der Waals surface area contributed by atoms with E-state index in [0.717, 1.165) is 24.0 Å². The summed E-state index contributed by atoms with van der Waals surface area (Å²) in [5, 5.41) is 3.19. The molecular weight excluding hydrogens is 238 g/mol. The van der Waals surface area contributed by atoms with Crippen LogP contribution in [-0.2, 0) is 6.54 Å². The molecule has 0 heterocycles. The molecule has 0 aromatic heterocycles. The van der Waals surface area contributed by atoms with Crippen molar-refractivity contribution in [3.8, 4) is 11.5 Å². The minimum absolute atomic E-state index is 0.368. The van der Waals surface area contributed by atoms with Crippen LogP contribution >= 0.6 is 0 Å². The van der Waals surface area contributed by atoms with Crippen molar-refractivity contribution in [2.24, 2.45) is 5.92 Å². The average Bonchev–Trinajstić information content (AvgIpc) is 2.41. The van der Waals surface area contributed by atoms with Gasteiger partial charge < -0.3 is 14.8 Å². The predicted octanol–water partition coefficient (Wildman–Crippen LogP) is 3.37. The molecule has 1 aromatic carbocycles. The Bertz CT molecular complexity index is 406. The maximum absolute atomic E-state index is 6.21. The smallest absolute Gasteiger partial charge is 0.124 e. The standard InChI is InChI=1S/C16H25NO2/c1-12-5-4-6-15(9-12)19-16-8-7-14(18-3)10-13(16)11-17-2/h7-8,10,12,15,17H,4-6,9,11H2,1-3H3. The van der Waals surface area contributed by atoms with E-state index in [1.807, 2.05) is 19.2 Å². The number of ether oxygens (including phenoxy) is 2. The van der Waals surface area contributed by atoms with Gasteiger partial charge in [-0.05, 0) is 50.4 Å². The molecular formula is C16H25NO2. The Morgan fingerprint density at radius 2 is 2.16 bits per heavy atom. The highest BCUT2D eigenvalue weighted by Crippen LogP contribution is 2.30. The zero-order chi connectivity index (χ0) is 13.7. The van der Waals surface area contributed by atoms with Crippen LogP contribution in [0.5, 0.6) is 11.5 Å². The van der Waals surface area contributed by atoms with E-state index in [4.69, 9.17) is 9.47 Å². The molecule has 1 aromatic rings. The van der Waals surface area contributed by atoms with Crippen LogP contribution in [0.1, 0.15) is 38.2 Å². The van der Waals surface area contributed by atoms with Crippen LogP contribution in [0.25, 0.3) is 0 Å². The molecule has 1 saturated carbocycles. The lowest BCUT2D eigenvalue weighted by molar-refractivity contribution is 0.128. The first kappa shape index (κ1) is 14.2. The second kappa shape index (κ2) is 6.80. The Morgan fingerprint density at radius 1 is 1.32 bits per heavy atom. The summed E-state index contributed by atoms with van der Waals surface area (Å²) in [7, 11) is 3.65. The highest BCUT2D eigenvalue weighted by atomic mass is 16.5. The Balaban J connectivity index is 2.09. The highest BCUT2D eigenvalue weighted by Gasteiger charge is 2.21. The zero-order valence-corrected chi connectivity index (χ0v) is 12.2. The van der Waals surface area contributed by atoms with Crippen LogP contribution in [0.4, 0.5) is 0 Å². The summed E-state index contributed by atoms with van der Waals surface area (Å²) in [6.45, 7) is 3.12. The van der Waals surface area contributed by atoms with Gasteiger partial charge in [-0.3, -0.25) is 0 Å². The number of benzene rings is 1. The van der Waals surface area contributed by atoms with Crippen LogP contribution in [0.2, 0.25) is 0 Å². The molecule has 0 aliphatic heterocycles. The Hall–Kier alpha value is -1.22. The van der Waals surface area contributed by atoms with Gasteiger partial charge in [0.15, 0.2) is 0 Å². The van der Waals surface area contributed by atoms with E-state index in [9.17, 15) is 0 Å². The fourth-order valence-corrected chi connectivity index (χ4v) is 2.79. The molecule has 0 saturated heterocycles. The molecule has 0 bridgehead atoms. The molecule has 1 fully saturated rings. The van der Waals surface area contributed by atoms with Crippen molar-refractivity contribution >= 4 is 0 Å². The van der Waals surface area contributed by atoms with E-state index in [2.05, 4.69) is 18.3 Å². The van der Waals surface area contributed by atoms with Crippen molar-refractivity contribution in [1.29, 1.82) is 0 Å². The average molecular weight is 263 g/mol.